The fourth-order valence-electron chi connectivity index (χ4n) is 0.805. The third-order valence-electron chi connectivity index (χ3n) is 1.98. The molecule has 0 aliphatic carbocycles. The van der Waals surface area contributed by atoms with E-state index >= 15 is 0 Å². The second-order valence-corrected chi connectivity index (χ2v) is 5.94. The standard InChI is InChI=1S/4C5H8O2S.Ti/c4*1-2-5(6)7-3-4-8;/h4*2,8H,1,3-4H2;/q;;;;+4/p-4. The molecule has 0 radical (unpaired) electrons. The van der Waals surface area contributed by atoms with E-state index in [-0.39, 0.29) is 21.7 Å². The van der Waals surface area contributed by atoms with Gasteiger partial charge in [-0.15, -0.1) is 23.0 Å². The van der Waals surface area contributed by atoms with Crippen LogP contribution in [-0.4, -0.2) is 73.3 Å². The minimum absolute atomic E-state index is 0. The Labute approximate surface area is 233 Å². The maximum atomic E-state index is 10.2. The van der Waals surface area contributed by atoms with Gasteiger partial charge in [0.05, 0.1) is 26.4 Å². The molecule has 0 fully saturated rings. The zero-order valence-electron chi connectivity index (χ0n) is 18.2. The molecule has 0 spiro atoms. The summed E-state index contributed by atoms with van der Waals surface area (Å²) in [5.74, 6) is 0.146. The first-order valence-corrected chi connectivity index (χ1v) is 11.0. The summed E-state index contributed by atoms with van der Waals surface area (Å²) in [4.78, 5) is 40.7. The third kappa shape index (κ3) is 49.3. The summed E-state index contributed by atoms with van der Waals surface area (Å²) in [5.41, 5.74) is 0. The normalized spacial score (nSPS) is 7.88. The number of ether oxygens (including phenoxy) is 4. The van der Waals surface area contributed by atoms with Crippen molar-refractivity contribution in [1.82, 2.24) is 0 Å². The molecule has 0 saturated heterocycles. The number of carbonyl (C=O) groups is 4. The van der Waals surface area contributed by atoms with Crippen LogP contribution in [0.5, 0.6) is 0 Å². The second-order valence-electron chi connectivity index (χ2n) is 4.30. The van der Waals surface area contributed by atoms with Crippen LogP contribution >= 0.6 is 0 Å². The maximum absolute atomic E-state index is 10.2. The summed E-state index contributed by atoms with van der Waals surface area (Å²) in [6.45, 7) is 14.0. The summed E-state index contributed by atoms with van der Waals surface area (Å²) in [7, 11) is 0. The molecule has 0 amide bonds. The Hall–Kier alpha value is -1.05. The van der Waals surface area contributed by atoms with Gasteiger partial charge in [-0.1, -0.05) is 26.3 Å². The first-order chi connectivity index (χ1) is 15.2. The third-order valence-corrected chi connectivity index (χ3v) is 2.64. The van der Waals surface area contributed by atoms with E-state index in [0.29, 0.717) is 49.4 Å². The summed E-state index contributed by atoms with van der Waals surface area (Å²) >= 11 is 18.0. The molecule has 0 aromatic heterocycles. The topological polar surface area (TPSA) is 105 Å². The van der Waals surface area contributed by atoms with Crippen LogP contribution in [0, 0.1) is 0 Å². The van der Waals surface area contributed by atoms with Gasteiger partial charge in [-0.25, -0.2) is 19.2 Å². The largest absolute Gasteiger partial charge is 4.00 e. The van der Waals surface area contributed by atoms with E-state index in [2.05, 4.69) is 95.8 Å². The van der Waals surface area contributed by atoms with E-state index in [1.165, 1.54) is 0 Å². The van der Waals surface area contributed by atoms with E-state index in [4.69, 9.17) is 0 Å². The van der Waals surface area contributed by atoms with Crippen LogP contribution in [0.2, 0.25) is 0 Å². The minimum atomic E-state index is -0.408. The number of esters is 4. The Morgan fingerprint density at radius 2 is 0.636 bits per heavy atom. The molecule has 184 valence electrons. The number of rotatable bonds is 12. The smallest absolute Gasteiger partial charge is 0.789 e. The summed E-state index contributed by atoms with van der Waals surface area (Å²) in [6, 6.07) is 0. The van der Waals surface area contributed by atoms with Gasteiger partial charge in [0.2, 0.25) is 0 Å². The Morgan fingerprint density at radius 3 is 0.727 bits per heavy atom. The monoisotopic (exact) mass is 572 g/mol. The zero-order valence-corrected chi connectivity index (χ0v) is 23.0. The van der Waals surface area contributed by atoms with Crippen molar-refractivity contribution < 1.29 is 59.8 Å². The SMILES string of the molecule is C=CC(=O)OCC[S-].C=CC(=O)OCC[S-].C=CC(=O)OCC[S-].C=CC(=O)OCC[S-].[Ti+4]. The average Bonchev–Trinajstić information content (AvgIpc) is 2.83. The maximum Gasteiger partial charge on any atom is 4.00 e. The van der Waals surface area contributed by atoms with Crippen molar-refractivity contribution in [1.29, 1.82) is 0 Å². The summed E-state index contributed by atoms with van der Waals surface area (Å²) < 4.78 is 17.9. The number of hydrogen-bond acceptors (Lipinski definition) is 12. The molecule has 33 heavy (non-hydrogen) atoms. The molecule has 0 bridgehead atoms. The van der Waals surface area contributed by atoms with Crippen molar-refractivity contribution in [2.45, 2.75) is 0 Å². The van der Waals surface area contributed by atoms with Gasteiger partial charge in [-0.2, -0.15) is 0 Å². The molecule has 0 aliphatic heterocycles. The van der Waals surface area contributed by atoms with Crippen LogP contribution in [0.15, 0.2) is 50.6 Å². The van der Waals surface area contributed by atoms with Crippen molar-refractivity contribution >= 4 is 74.4 Å². The van der Waals surface area contributed by atoms with Crippen LogP contribution in [0.3, 0.4) is 0 Å². The van der Waals surface area contributed by atoms with Gasteiger partial charge < -0.3 is 69.5 Å². The molecule has 0 aliphatic rings. The molecule has 0 aromatic rings. The van der Waals surface area contributed by atoms with Gasteiger partial charge in [0.15, 0.2) is 0 Å². The molecule has 8 nitrogen and oxygen atoms in total. The van der Waals surface area contributed by atoms with E-state index in [1.807, 2.05) is 0 Å². The molecular formula is C20H28O8S4Ti. The van der Waals surface area contributed by atoms with Gasteiger partial charge in [-0.05, 0) is 0 Å². The quantitative estimate of drug-likeness (QED) is 0.110. The van der Waals surface area contributed by atoms with E-state index in [1.54, 1.807) is 0 Å². The number of carbonyl (C=O) groups excluding carboxylic acids is 4. The van der Waals surface area contributed by atoms with Gasteiger partial charge in [0, 0.05) is 24.3 Å². The van der Waals surface area contributed by atoms with Crippen molar-refractivity contribution in [3.05, 3.63) is 50.6 Å². The molecule has 0 heterocycles. The van der Waals surface area contributed by atoms with Crippen LogP contribution < -0.4 is 0 Å². The molecule has 0 rings (SSSR count). The molecular weight excluding hydrogens is 544 g/mol. The minimum Gasteiger partial charge on any atom is -0.789 e. The molecule has 13 heteroatoms. The predicted molar refractivity (Wildman–Crippen MR) is 134 cm³/mol. The molecule has 0 atom stereocenters. The second kappa shape index (κ2) is 38.2. The summed E-state index contributed by atoms with van der Waals surface area (Å²) in [6.07, 6.45) is 4.46. The zero-order chi connectivity index (χ0) is 25.6. The predicted octanol–water partition coefficient (Wildman–Crippen LogP) is 1.05. The first kappa shape index (κ1) is 42.1. The van der Waals surface area contributed by atoms with Crippen LogP contribution in [0.1, 0.15) is 0 Å². The Kier molecular flexibility index (Phi) is 48.8. The Balaban J connectivity index is -0.000000105. The fourth-order valence-corrected chi connectivity index (χ4v) is 1.14. The fraction of sp³-hybridized carbons (Fsp3) is 0.400. The van der Waals surface area contributed by atoms with Crippen LogP contribution in [-0.2, 0) is 110 Å². The van der Waals surface area contributed by atoms with Gasteiger partial charge in [0.25, 0.3) is 0 Å². The first-order valence-electron chi connectivity index (χ1n) is 8.73. The Bertz CT molecular complexity index is 464. The molecule has 0 saturated carbocycles. The number of hydrogen-bond donors (Lipinski definition) is 0. The van der Waals surface area contributed by atoms with Crippen molar-refractivity contribution in [2.75, 3.05) is 49.4 Å². The van der Waals surface area contributed by atoms with E-state index in [0.717, 1.165) is 24.3 Å². The molecule has 0 aromatic carbocycles. The van der Waals surface area contributed by atoms with Crippen molar-refractivity contribution in [3.8, 4) is 0 Å². The van der Waals surface area contributed by atoms with Gasteiger partial charge >= 0.3 is 45.6 Å². The van der Waals surface area contributed by atoms with Gasteiger partial charge in [0.1, 0.15) is 0 Å². The van der Waals surface area contributed by atoms with Crippen molar-refractivity contribution in [3.63, 3.8) is 0 Å². The van der Waals surface area contributed by atoms with Crippen LogP contribution in [0.4, 0.5) is 0 Å². The van der Waals surface area contributed by atoms with E-state index in [9.17, 15) is 19.2 Å². The summed E-state index contributed by atoms with van der Waals surface area (Å²) in [5, 5.41) is 0. The molecule has 0 N–H and O–H groups in total. The Morgan fingerprint density at radius 1 is 0.485 bits per heavy atom. The van der Waals surface area contributed by atoms with E-state index < -0.39 is 23.9 Å². The molecule has 0 unspecified atom stereocenters. The van der Waals surface area contributed by atoms with Crippen LogP contribution in [0.25, 0.3) is 0 Å². The average molecular weight is 573 g/mol. The van der Waals surface area contributed by atoms with Gasteiger partial charge in [-0.3, -0.25) is 0 Å². The van der Waals surface area contributed by atoms with Crippen molar-refractivity contribution in [2.24, 2.45) is 0 Å².